The van der Waals surface area contributed by atoms with Crippen LogP contribution in [0.15, 0.2) is 24.3 Å². The van der Waals surface area contributed by atoms with Crippen LogP contribution in [0.5, 0.6) is 0 Å². The summed E-state index contributed by atoms with van der Waals surface area (Å²) in [6.45, 7) is 2.03. The lowest BCUT2D eigenvalue weighted by molar-refractivity contribution is 0.828. The summed E-state index contributed by atoms with van der Waals surface area (Å²) in [7, 11) is 0. The molecule has 2 rings (SSSR count). The summed E-state index contributed by atoms with van der Waals surface area (Å²) in [6, 6.07) is 9.10. The quantitative estimate of drug-likeness (QED) is 0.578. The van der Waals surface area contributed by atoms with Crippen molar-refractivity contribution in [2.75, 3.05) is 0 Å². The Morgan fingerprint density at radius 1 is 1.58 bits per heavy atom. The Morgan fingerprint density at radius 3 is 3.17 bits per heavy atom. The predicted octanol–water partition coefficient (Wildman–Crippen LogP) is 3.22. The van der Waals surface area contributed by atoms with Crippen LogP contribution in [-0.2, 0) is 0 Å². The second kappa shape index (κ2) is 2.95. The average molecular weight is 178 g/mol. The van der Waals surface area contributed by atoms with Crippen molar-refractivity contribution in [2.45, 2.75) is 18.2 Å². The molecule has 12 heavy (non-hydrogen) atoms. The van der Waals surface area contributed by atoms with Crippen LogP contribution >= 0.6 is 11.6 Å². The maximum absolute atomic E-state index is 6.05. The number of hydrogen-bond donors (Lipinski definition) is 0. The molecule has 0 saturated heterocycles. The predicted molar refractivity (Wildman–Crippen MR) is 52.4 cm³/mol. The summed E-state index contributed by atoms with van der Waals surface area (Å²) in [5, 5.41) is 0.171. The summed E-state index contributed by atoms with van der Waals surface area (Å²) in [5.41, 5.74) is 2.59. The second-order valence-electron chi connectivity index (χ2n) is 3.12. The number of fused-ring (bicyclic) bond motifs is 1. The zero-order valence-corrected chi connectivity index (χ0v) is 7.68. The van der Waals surface area contributed by atoms with Gasteiger partial charge < -0.3 is 0 Å². The van der Waals surface area contributed by atoms with E-state index >= 15 is 0 Å². The Labute approximate surface area is 77.9 Å². The molecule has 1 aliphatic carbocycles. The molecule has 0 bridgehead atoms. The largest absolute Gasteiger partial charge is 0.122 e. The van der Waals surface area contributed by atoms with Crippen LogP contribution in [0.4, 0.5) is 0 Å². The van der Waals surface area contributed by atoms with E-state index in [1.165, 1.54) is 11.1 Å². The molecule has 1 heteroatoms. The molecule has 0 aromatic heterocycles. The third-order valence-electron chi connectivity index (χ3n) is 2.27. The van der Waals surface area contributed by atoms with E-state index in [2.05, 4.69) is 24.3 Å². The van der Waals surface area contributed by atoms with Crippen LogP contribution in [0.2, 0.25) is 0 Å². The summed E-state index contributed by atoms with van der Waals surface area (Å²) in [6.07, 6.45) is 4.28. The van der Waals surface area contributed by atoms with Crippen molar-refractivity contribution in [3.63, 3.8) is 0 Å². The van der Waals surface area contributed by atoms with Gasteiger partial charge in [-0.25, -0.2) is 0 Å². The van der Waals surface area contributed by atoms with Gasteiger partial charge in [0.15, 0.2) is 0 Å². The molecular formula is C11H10Cl. The van der Waals surface area contributed by atoms with Crippen LogP contribution in [-0.4, -0.2) is 5.38 Å². The fourth-order valence-electron chi connectivity index (χ4n) is 1.61. The molecule has 1 aromatic rings. The van der Waals surface area contributed by atoms with Gasteiger partial charge in [0.05, 0.1) is 0 Å². The number of benzene rings is 1. The molecule has 0 fully saturated rings. The second-order valence-corrected chi connectivity index (χ2v) is 3.81. The van der Waals surface area contributed by atoms with Gasteiger partial charge in [-0.15, -0.1) is 11.6 Å². The van der Waals surface area contributed by atoms with Crippen molar-refractivity contribution in [1.29, 1.82) is 0 Å². The fourth-order valence-corrected chi connectivity index (χ4v) is 1.83. The van der Waals surface area contributed by atoms with E-state index in [4.69, 9.17) is 11.6 Å². The molecule has 0 spiro atoms. The first kappa shape index (κ1) is 7.88. The molecular weight excluding hydrogens is 168 g/mol. The van der Waals surface area contributed by atoms with Gasteiger partial charge in [0, 0.05) is 11.3 Å². The molecule has 0 saturated carbocycles. The Balaban J connectivity index is 2.42. The Bertz CT molecular complexity index is 313. The topological polar surface area (TPSA) is 0 Å². The van der Waals surface area contributed by atoms with Gasteiger partial charge in [-0.2, -0.15) is 0 Å². The minimum atomic E-state index is 0.171. The van der Waals surface area contributed by atoms with E-state index in [1.807, 2.05) is 19.1 Å². The molecule has 0 N–H and O–H groups in total. The van der Waals surface area contributed by atoms with Crippen molar-refractivity contribution in [1.82, 2.24) is 0 Å². The minimum absolute atomic E-state index is 0.171. The molecule has 1 radical (unpaired) electrons. The zero-order chi connectivity index (χ0) is 8.55. The molecule has 0 nitrogen and oxygen atoms in total. The highest BCUT2D eigenvalue weighted by atomic mass is 35.5. The zero-order valence-electron chi connectivity index (χ0n) is 6.92. The van der Waals surface area contributed by atoms with Gasteiger partial charge in [-0.1, -0.05) is 24.3 Å². The van der Waals surface area contributed by atoms with Crippen LogP contribution < -0.4 is 0 Å². The highest BCUT2D eigenvalue weighted by Crippen LogP contribution is 2.33. The maximum Gasteiger partial charge on any atom is 0.0411 e. The van der Waals surface area contributed by atoms with Crippen molar-refractivity contribution in [3.05, 3.63) is 41.5 Å². The number of alkyl halides is 1. The number of rotatable bonds is 1. The van der Waals surface area contributed by atoms with E-state index in [1.54, 1.807) is 0 Å². The van der Waals surface area contributed by atoms with Crippen LogP contribution in [0, 0.1) is 6.07 Å². The number of halogens is 1. The SMILES string of the molecule is CC(Cl)C1C=Cc2c[c]ccc21. The normalized spacial score (nSPS) is 22.3. The Hall–Kier alpha value is -0.750. The van der Waals surface area contributed by atoms with Crippen LogP contribution in [0.1, 0.15) is 24.0 Å². The average Bonchev–Trinajstić information content (AvgIpc) is 2.47. The highest BCUT2D eigenvalue weighted by Gasteiger charge is 2.20. The molecule has 1 aromatic carbocycles. The first-order valence-electron chi connectivity index (χ1n) is 4.11. The van der Waals surface area contributed by atoms with E-state index in [0.717, 1.165) is 0 Å². The standard InChI is InChI=1S/C11H10Cl/c1-8(12)10-7-6-9-4-2-3-5-11(9)10/h3-8,10H,1H3. The van der Waals surface area contributed by atoms with Crippen LogP contribution in [0.25, 0.3) is 6.08 Å². The van der Waals surface area contributed by atoms with Crippen molar-refractivity contribution in [2.24, 2.45) is 0 Å². The Kier molecular flexibility index (Phi) is 1.93. The maximum atomic E-state index is 6.05. The van der Waals surface area contributed by atoms with E-state index in [-0.39, 0.29) is 5.38 Å². The van der Waals surface area contributed by atoms with Gasteiger partial charge in [0.2, 0.25) is 0 Å². The molecule has 1 aliphatic rings. The summed E-state index contributed by atoms with van der Waals surface area (Å²) in [5.74, 6) is 0.385. The van der Waals surface area contributed by atoms with Gasteiger partial charge in [0.1, 0.15) is 0 Å². The first-order valence-corrected chi connectivity index (χ1v) is 4.55. The lowest BCUT2D eigenvalue weighted by Crippen LogP contribution is -2.04. The van der Waals surface area contributed by atoms with Gasteiger partial charge in [-0.05, 0) is 30.2 Å². The molecule has 61 valence electrons. The summed E-state index contributed by atoms with van der Waals surface area (Å²) in [4.78, 5) is 0. The molecule has 0 heterocycles. The van der Waals surface area contributed by atoms with E-state index in [0.29, 0.717) is 5.92 Å². The fraction of sp³-hybridized carbons (Fsp3) is 0.273. The molecule has 2 unspecified atom stereocenters. The monoisotopic (exact) mass is 177 g/mol. The van der Waals surface area contributed by atoms with Gasteiger partial charge in [-0.3, -0.25) is 0 Å². The third-order valence-corrected chi connectivity index (χ3v) is 2.54. The molecule has 0 amide bonds. The van der Waals surface area contributed by atoms with E-state index < -0.39 is 0 Å². The van der Waals surface area contributed by atoms with Crippen molar-refractivity contribution >= 4 is 17.7 Å². The molecule has 2 atom stereocenters. The lowest BCUT2D eigenvalue weighted by atomic mass is 9.98. The van der Waals surface area contributed by atoms with Gasteiger partial charge in [0.25, 0.3) is 0 Å². The van der Waals surface area contributed by atoms with Crippen molar-refractivity contribution < 1.29 is 0 Å². The number of allylic oxidation sites excluding steroid dienone is 1. The Morgan fingerprint density at radius 2 is 2.42 bits per heavy atom. The minimum Gasteiger partial charge on any atom is -0.122 e. The summed E-state index contributed by atoms with van der Waals surface area (Å²) >= 11 is 6.05. The number of hydrogen-bond acceptors (Lipinski definition) is 0. The smallest absolute Gasteiger partial charge is 0.0411 e. The van der Waals surface area contributed by atoms with Crippen molar-refractivity contribution in [3.8, 4) is 0 Å². The lowest BCUT2D eigenvalue weighted by Gasteiger charge is -2.12. The highest BCUT2D eigenvalue weighted by molar-refractivity contribution is 6.21. The van der Waals surface area contributed by atoms with Gasteiger partial charge >= 0.3 is 0 Å². The molecule has 0 aliphatic heterocycles. The third kappa shape index (κ3) is 1.16. The summed E-state index contributed by atoms with van der Waals surface area (Å²) < 4.78 is 0. The van der Waals surface area contributed by atoms with Crippen LogP contribution in [0.3, 0.4) is 0 Å². The first-order chi connectivity index (χ1) is 5.79. The van der Waals surface area contributed by atoms with E-state index in [9.17, 15) is 0 Å².